The molecule has 8 nitrogen and oxygen atoms in total. The summed E-state index contributed by atoms with van der Waals surface area (Å²) < 4.78 is 41.9. The van der Waals surface area contributed by atoms with E-state index in [0.29, 0.717) is 11.1 Å². The normalized spacial score (nSPS) is 10.7. The first kappa shape index (κ1) is 19.9. The maximum Gasteiger partial charge on any atom is 0.264 e. The molecule has 0 saturated heterocycles. The molecule has 146 valence electrons. The molecule has 3 aromatic rings. The first-order chi connectivity index (χ1) is 13.8. The van der Waals surface area contributed by atoms with Crippen molar-refractivity contribution in [3.8, 4) is 11.8 Å². The predicted octanol–water partition coefficient (Wildman–Crippen LogP) is 2.10. The van der Waals surface area contributed by atoms with Gasteiger partial charge in [0.2, 0.25) is 0 Å². The lowest BCUT2D eigenvalue weighted by Crippen LogP contribution is -2.17. The third kappa shape index (κ3) is 4.36. The van der Waals surface area contributed by atoms with Gasteiger partial charge in [0.25, 0.3) is 10.0 Å². The molecule has 0 saturated carbocycles. The molecule has 0 spiro atoms. The first-order valence-electron chi connectivity index (χ1n) is 8.19. The number of nitrogen functional groups attached to an aromatic ring is 1. The molecule has 0 fully saturated rings. The van der Waals surface area contributed by atoms with Gasteiger partial charge in [0, 0.05) is 35.9 Å². The van der Waals surface area contributed by atoms with Crippen LogP contribution in [0.1, 0.15) is 22.4 Å². The number of nitrogens with two attached hydrogens (primary N) is 1. The van der Waals surface area contributed by atoms with Crippen molar-refractivity contribution in [3.63, 3.8) is 0 Å². The van der Waals surface area contributed by atoms with Gasteiger partial charge in [-0.3, -0.25) is 9.71 Å². The highest BCUT2D eigenvalue weighted by molar-refractivity contribution is 7.92. The van der Waals surface area contributed by atoms with Crippen LogP contribution < -0.4 is 10.5 Å². The Morgan fingerprint density at radius 3 is 2.72 bits per heavy atom. The van der Waals surface area contributed by atoms with E-state index in [4.69, 9.17) is 11.1 Å². The maximum absolute atomic E-state index is 14.8. The van der Waals surface area contributed by atoms with Gasteiger partial charge in [0.15, 0.2) is 11.6 Å². The summed E-state index contributed by atoms with van der Waals surface area (Å²) in [6.07, 6.45) is 5.13. The van der Waals surface area contributed by atoms with Crippen molar-refractivity contribution < 1.29 is 12.8 Å². The van der Waals surface area contributed by atoms with Gasteiger partial charge in [-0.15, -0.1) is 0 Å². The predicted molar refractivity (Wildman–Crippen MR) is 106 cm³/mol. The summed E-state index contributed by atoms with van der Waals surface area (Å²) in [5.74, 6) is 4.11. The lowest BCUT2D eigenvalue weighted by atomic mass is 10.2. The zero-order valence-corrected chi connectivity index (χ0v) is 16.0. The minimum atomic E-state index is -4.08. The second-order valence-electron chi connectivity index (χ2n) is 5.81. The molecule has 0 bridgehead atoms. The van der Waals surface area contributed by atoms with Gasteiger partial charge in [-0.2, -0.15) is 0 Å². The topological polar surface area (TPSA) is 135 Å². The third-order valence-electron chi connectivity index (χ3n) is 3.81. The van der Waals surface area contributed by atoms with Gasteiger partial charge >= 0.3 is 0 Å². The van der Waals surface area contributed by atoms with E-state index >= 15 is 0 Å². The van der Waals surface area contributed by atoms with E-state index in [9.17, 15) is 12.8 Å². The number of hydrogen-bond donors (Lipinski definition) is 3. The van der Waals surface area contributed by atoms with Crippen LogP contribution in [0.25, 0.3) is 0 Å². The number of sulfonamides is 1. The molecular weight excluding hydrogens is 395 g/mol. The Hall–Kier alpha value is -3.84. The van der Waals surface area contributed by atoms with E-state index in [1.54, 1.807) is 0 Å². The van der Waals surface area contributed by atoms with Crippen LogP contribution in [0.5, 0.6) is 0 Å². The quantitative estimate of drug-likeness (QED) is 0.445. The number of halogens is 1. The van der Waals surface area contributed by atoms with Crippen LogP contribution in [0.2, 0.25) is 0 Å². The Morgan fingerprint density at radius 1 is 1.21 bits per heavy atom. The van der Waals surface area contributed by atoms with E-state index in [0.717, 1.165) is 6.21 Å². The minimum absolute atomic E-state index is 0.0613. The van der Waals surface area contributed by atoms with E-state index in [1.165, 1.54) is 49.8 Å². The molecular formula is C19H15FN6O2S. The van der Waals surface area contributed by atoms with Crippen LogP contribution >= 0.6 is 0 Å². The fourth-order valence-electron chi connectivity index (χ4n) is 2.36. The average Bonchev–Trinajstić information content (AvgIpc) is 2.69. The van der Waals surface area contributed by atoms with Crippen molar-refractivity contribution in [2.45, 2.75) is 11.8 Å². The molecule has 29 heavy (non-hydrogen) atoms. The van der Waals surface area contributed by atoms with Crippen molar-refractivity contribution in [1.82, 2.24) is 15.0 Å². The Kier molecular flexibility index (Phi) is 5.52. The molecule has 10 heteroatoms. The summed E-state index contributed by atoms with van der Waals surface area (Å²) in [4.78, 5) is 11.5. The molecule has 3 rings (SSSR count). The van der Waals surface area contributed by atoms with Crippen LogP contribution in [0.3, 0.4) is 0 Å². The fraction of sp³-hybridized carbons (Fsp3) is 0.0526. The third-order valence-corrected chi connectivity index (χ3v) is 5.29. The number of rotatable bonds is 4. The van der Waals surface area contributed by atoms with Gasteiger partial charge in [0.05, 0.1) is 11.3 Å². The van der Waals surface area contributed by atoms with E-state index in [2.05, 4.69) is 31.5 Å². The second-order valence-corrected chi connectivity index (χ2v) is 7.46. The van der Waals surface area contributed by atoms with Crippen molar-refractivity contribution in [2.75, 3.05) is 10.5 Å². The second kappa shape index (κ2) is 8.04. The molecule has 0 atom stereocenters. The van der Waals surface area contributed by atoms with Gasteiger partial charge in [-0.05, 0) is 31.2 Å². The summed E-state index contributed by atoms with van der Waals surface area (Å²) in [6.45, 7) is 1.53. The molecule has 4 N–H and O–H groups in total. The average molecular weight is 410 g/mol. The van der Waals surface area contributed by atoms with Crippen LogP contribution in [0, 0.1) is 30.0 Å². The number of pyridine rings is 3. The van der Waals surface area contributed by atoms with Gasteiger partial charge in [0.1, 0.15) is 10.7 Å². The van der Waals surface area contributed by atoms with Crippen molar-refractivity contribution >= 4 is 27.9 Å². The number of aromatic nitrogens is 3. The van der Waals surface area contributed by atoms with Gasteiger partial charge in [-0.25, -0.2) is 22.8 Å². The van der Waals surface area contributed by atoms with E-state index in [1.807, 2.05) is 0 Å². The van der Waals surface area contributed by atoms with Crippen LogP contribution in [0.4, 0.5) is 16.0 Å². The fourth-order valence-corrected chi connectivity index (χ4v) is 3.57. The summed E-state index contributed by atoms with van der Waals surface area (Å²) in [6, 6.07) is 5.69. The van der Waals surface area contributed by atoms with Crippen LogP contribution in [-0.2, 0) is 10.0 Å². The summed E-state index contributed by atoms with van der Waals surface area (Å²) in [5, 5.41) is 7.28. The Morgan fingerprint density at radius 2 is 2.00 bits per heavy atom. The summed E-state index contributed by atoms with van der Waals surface area (Å²) in [7, 11) is -4.08. The van der Waals surface area contributed by atoms with Crippen molar-refractivity contribution in [3.05, 3.63) is 71.1 Å². The zero-order valence-electron chi connectivity index (χ0n) is 15.1. The Labute approximate surface area is 166 Å². The minimum Gasteiger partial charge on any atom is -0.383 e. The highest BCUT2D eigenvalue weighted by atomic mass is 32.2. The Bertz CT molecular complexity index is 1270. The lowest BCUT2D eigenvalue weighted by Gasteiger charge is -2.10. The zero-order chi connectivity index (χ0) is 21.0. The monoisotopic (exact) mass is 410 g/mol. The van der Waals surface area contributed by atoms with Crippen molar-refractivity contribution in [1.29, 1.82) is 5.41 Å². The van der Waals surface area contributed by atoms with Crippen molar-refractivity contribution in [2.24, 2.45) is 0 Å². The van der Waals surface area contributed by atoms with Gasteiger partial charge < -0.3 is 11.1 Å². The number of nitrogens with zero attached hydrogens (tertiary/aromatic N) is 3. The Balaban J connectivity index is 1.93. The molecule has 0 aromatic carbocycles. The lowest BCUT2D eigenvalue weighted by molar-refractivity contribution is 0.596. The molecule has 0 amide bonds. The largest absolute Gasteiger partial charge is 0.383 e. The number of nitrogens with one attached hydrogen (secondary N) is 2. The molecule has 0 aliphatic carbocycles. The molecule has 0 aliphatic rings. The number of anilines is 2. The SMILES string of the molecule is Cc1ncccc1S(=O)(=O)Nc1nccc(C#Cc2cnc(N)c(C=N)c2)c1F. The molecule has 0 unspecified atom stereocenters. The highest BCUT2D eigenvalue weighted by Crippen LogP contribution is 2.20. The van der Waals surface area contributed by atoms with Crippen LogP contribution in [-0.4, -0.2) is 29.6 Å². The standard InChI is InChI=1S/C19H15FN6O2S/c1-12-16(3-2-7-23-12)29(27,28)26-19-17(20)14(6-8-24-19)5-4-13-9-15(10-21)18(22)25-11-13/h2-3,6-11,21H,1H3,(H2,22,25)(H,24,26). The molecule has 0 aliphatic heterocycles. The van der Waals surface area contributed by atoms with Gasteiger partial charge in [-0.1, -0.05) is 11.8 Å². The van der Waals surface area contributed by atoms with E-state index in [-0.39, 0.29) is 22.0 Å². The summed E-state index contributed by atoms with van der Waals surface area (Å²) >= 11 is 0. The highest BCUT2D eigenvalue weighted by Gasteiger charge is 2.20. The van der Waals surface area contributed by atoms with Crippen LogP contribution in [0.15, 0.2) is 47.8 Å². The molecule has 0 radical (unpaired) electrons. The maximum atomic E-state index is 14.8. The molecule has 3 heterocycles. The smallest absolute Gasteiger partial charge is 0.264 e. The van der Waals surface area contributed by atoms with E-state index < -0.39 is 21.7 Å². The first-order valence-corrected chi connectivity index (χ1v) is 9.67. The number of hydrogen-bond acceptors (Lipinski definition) is 7. The summed E-state index contributed by atoms with van der Waals surface area (Å²) in [5.41, 5.74) is 6.63. The molecule has 3 aromatic heterocycles. The number of aryl methyl sites for hydroxylation is 1.